The van der Waals surface area contributed by atoms with Crippen LogP contribution in [0.1, 0.15) is 24.1 Å². The molecule has 0 aromatic heterocycles. The lowest BCUT2D eigenvalue weighted by Crippen LogP contribution is -2.22. The molecule has 0 fully saturated rings. The van der Waals surface area contributed by atoms with Crippen molar-refractivity contribution in [1.29, 1.82) is 0 Å². The first kappa shape index (κ1) is 12.7. The van der Waals surface area contributed by atoms with E-state index in [-0.39, 0.29) is 17.7 Å². The molecular weight excluding hydrogens is 232 g/mol. The van der Waals surface area contributed by atoms with Crippen molar-refractivity contribution in [2.24, 2.45) is 0 Å². The molecule has 0 bridgehead atoms. The fraction of sp³-hybridized carbons (Fsp3) is 0.200. The molecule has 0 heterocycles. The molecule has 0 atom stereocenters. The average molecular weight is 247 g/mol. The van der Waals surface area contributed by atoms with Crippen LogP contribution in [0.4, 0.5) is 8.78 Å². The smallest absolute Gasteiger partial charge is 0.123 e. The summed E-state index contributed by atoms with van der Waals surface area (Å²) in [5.41, 5.74) is 1.59. The molecule has 0 saturated heterocycles. The van der Waals surface area contributed by atoms with E-state index in [1.54, 1.807) is 12.1 Å². The van der Waals surface area contributed by atoms with Gasteiger partial charge in [-0.05, 0) is 41.9 Å². The number of nitrogens with one attached hydrogen (secondary N) is 1. The van der Waals surface area contributed by atoms with Crippen LogP contribution >= 0.6 is 0 Å². The van der Waals surface area contributed by atoms with Gasteiger partial charge in [0.2, 0.25) is 0 Å². The minimum atomic E-state index is -0.285. The second kappa shape index (κ2) is 5.74. The van der Waals surface area contributed by atoms with Gasteiger partial charge in [0, 0.05) is 0 Å². The van der Waals surface area contributed by atoms with Crippen molar-refractivity contribution < 1.29 is 8.78 Å². The third kappa shape index (κ3) is 2.93. The van der Waals surface area contributed by atoms with E-state index in [1.807, 2.05) is 19.1 Å². The second-order valence-corrected chi connectivity index (χ2v) is 4.10. The maximum Gasteiger partial charge on any atom is 0.123 e. The largest absolute Gasteiger partial charge is 0.307 e. The predicted octanol–water partition coefficient (Wildman–Crippen LogP) is 3.66. The minimum Gasteiger partial charge on any atom is -0.307 e. The Hall–Kier alpha value is -1.74. The molecule has 94 valence electrons. The highest BCUT2D eigenvalue weighted by atomic mass is 19.1. The van der Waals surface area contributed by atoms with Crippen LogP contribution in [0, 0.1) is 11.6 Å². The molecule has 0 amide bonds. The van der Waals surface area contributed by atoms with Gasteiger partial charge in [-0.15, -0.1) is 0 Å². The fourth-order valence-electron chi connectivity index (χ4n) is 2.00. The van der Waals surface area contributed by atoms with Crippen molar-refractivity contribution in [2.45, 2.75) is 13.0 Å². The van der Waals surface area contributed by atoms with Crippen LogP contribution in [0.15, 0.2) is 48.5 Å². The Balaban J connectivity index is 2.39. The molecule has 0 aliphatic heterocycles. The number of rotatable bonds is 4. The second-order valence-electron chi connectivity index (χ2n) is 4.10. The highest BCUT2D eigenvalue weighted by molar-refractivity contribution is 5.32. The van der Waals surface area contributed by atoms with Gasteiger partial charge in [-0.25, -0.2) is 8.78 Å². The van der Waals surface area contributed by atoms with Crippen LogP contribution in [-0.2, 0) is 0 Å². The summed E-state index contributed by atoms with van der Waals surface area (Å²) in [7, 11) is 0. The zero-order valence-electron chi connectivity index (χ0n) is 10.2. The first-order chi connectivity index (χ1) is 8.70. The van der Waals surface area contributed by atoms with Gasteiger partial charge in [0.05, 0.1) is 6.04 Å². The van der Waals surface area contributed by atoms with E-state index in [2.05, 4.69) is 5.32 Å². The van der Waals surface area contributed by atoms with E-state index in [9.17, 15) is 8.78 Å². The van der Waals surface area contributed by atoms with Crippen molar-refractivity contribution >= 4 is 0 Å². The molecule has 0 unspecified atom stereocenters. The number of halogens is 2. The Morgan fingerprint density at radius 2 is 1.44 bits per heavy atom. The van der Waals surface area contributed by atoms with Crippen molar-refractivity contribution in [1.82, 2.24) is 5.32 Å². The molecule has 0 spiro atoms. The van der Waals surface area contributed by atoms with Crippen LogP contribution in [0.5, 0.6) is 0 Å². The minimum absolute atomic E-state index is 0.193. The molecule has 0 aliphatic rings. The summed E-state index contributed by atoms with van der Waals surface area (Å²) in [6.45, 7) is 2.68. The van der Waals surface area contributed by atoms with Gasteiger partial charge in [-0.3, -0.25) is 0 Å². The summed E-state index contributed by atoms with van der Waals surface area (Å²) < 4.78 is 26.5. The number of benzene rings is 2. The van der Waals surface area contributed by atoms with Crippen molar-refractivity contribution in [3.8, 4) is 0 Å². The molecule has 0 radical (unpaired) electrons. The summed E-state index contributed by atoms with van der Waals surface area (Å²) in [6, 6.07) is 12.5. The molecule has 0 aliphatic carbocycles. The van der Waals surface area contributed by atoms with E-state index in [1.165, 1.54) is 24.3 Å². The van der Waals surface area contributed by atoms with Crippen LogP contribution < -0.4 is 5.32 Å². The summed E-state index contributed by atoms with van der Waals surface area (Å²) in [6.07, 6.45) is 0. The van der Waals surface area contributed by atoms with Gasteiger partial charge in [0.1, 0.15) is 11.6 Å². The van der Waals surface area contributed by atoms with Gasteiger partial charge >= 0.3 is 0 Å². The van der Waals surface area contributed by atoms with Crippen molar-refractivity contribution in [2.75, 3.05) is 6.54 Å². The zero-order valence-corrected chi connectivity index (χ0v) is 10.2. The predicted molar refractivity (Wildman–Crippen MR) is 68.3 cm³/mol. The SMILES string of the molecule is CCNC(c1cccc(F)c1)c1cccc(F)c1. The fourth-order valence-corrected chi connectivity index (χ4v) is 2.00. The lowest BCUT2D eigenvalue weighted by Gasteiger charge is -2.19. The van der Waals surface area contributed by atoms with Gasteiger partial charge in [-0.1, -0.05) is 31.2 Å². The average Bonchev–Trinajstić information content (AvgIpc) is 2.36. The molecule has 0 saturated carbocycles. The first-order valence-electron chi connectivity index (χ1n) is 5.95. The molecule has 18 heavy (non-hydrogen) atoms. The molecule has 1 nitrogen and oxygen atoms in total. The maximum absolute atomic E-state index is 13.3. The standard InChI is InChI=1S/C15H15F2N/c1-2-18-15(11-5-3-7-13(16)9-11)12-6-4-8-14(17)10-12/h3-10,15,18H,2H2,1H3. The summed E-state index contributed by atoms with van der Waals surface area (Å²) in [5.74, 6) is -0.571. The normalized spacial score (nSPS) is 10.9. The number of hydrogen-bond acceptors (Lipinski definition) is 1. The Labute approximate surface area is 105 Å². The van der Waals surface area contributed by atoms with E-state index in [0.717, 1.165) is 17.7 Å². The van der Waals surface area contributed by atoms with Crippen LogP contribution in [0.2, 0.25) is 0 Å². The summed E-state index contributed by atoms with van der Waals surface area (Å²) in [4.78, 5) is 0. The molecule has 2 rings (SSSR count). The lowest BCUT2D eigenvalue weighted by molar-refractivity contribution is 0.593. The quantitative estimate of drug-likeness (QED) is 0.869. The van der Waals surface area contributed by atoms with Gasteiger partial charge in [-0.2, -0.15) is 0 Å². The van der Waals surface area contributed by atoms with Gasteiger partial charge in [0.25, 0.3) is 0 Å². The van der Waals surface area contributed by atoms with Crippen LogP contribution in [0.25, 0.3) is 0 Å². The van der Waals surface area contributed by atoms with Gasteiger partial charge < -0.3 is 5.32 Å². The highest BCUT2D eigenvalue weighted by Crippen LogP contribution is 2.23. The Kier molecular flexibility index (Phi) is 4.05. The van der Waals surface area contributed by atoms with Crippen LogP contribution in [0.3, 0.4) is 0 Å². The summed E-state index contributed by atoms with van der Waals surface area (Å²) >= 11 is 0. The third-order valence-corrected chi connectivity index (χ3v) is 2.77. The molecule has 2 aromatic carbocycles. The topological polar surface area (TPSA) is 12.0 Å². The third-order valence-electron chi connectivity index (χ3n) is 2.77. The van der Waals surface area contributed by atoms with E-state index < -0.39 is 0 Å². The molecule has 3 heteroatoms. The zero-order chi connectivity index (χ0) is 13.0. The highest BCUT2D eigenvalue weighted by Gasteiger charge is 2.13. The Bertz CT molecular complexity index is 480. The van der Waals surface area contributed by atoms with E-state index in [0.29, 0.717) is 0 Å². The first-order valence-corrected chi connectivity index (χ1v) is 5.95. The summed E-state index contributed by atoms with van der Waals surface area (Å²) in [5, 5.41) is 3.24. The molecule has 1 N–H and O–H groups in total. The monoisotopic (exact) mass is 247 g/mol. The van der Waals surface area contributed by atoms with Crippen molar-refractivity contribution in [3.63, 3.8) is 0 Å². The maximum atomic E-state index is 13.3. The Morgan fingerprint density at radius 1 is 0.944 bits per heavy atom. The Morgan fingerprint density at radius 3 is 1.83 bits per heavy atom. The molecular formula is C15H15F2N. The van der Waals surface area contributed by atoms with E-state index in [4.69, 9.17) is 0 Å². The number of hydrogen-bond donors (Lipinski definition) is 1. The lowest BCUT2D eigenvalue weighted by atomic mass is 9.98. The van der Waals surface area contributed by atoms with Gasteiger partial charge in [0.15, 0.2) is 0 Å². The van der Waals surface area contributed by atoms with E-state index >= 15 is 0 Å². The molecule has 2 aromatic rings. The van der Waals surface area contributed by atoms with Crippen molar-refractivity contribution in [3.05, 3.63) is 71.3 Å². The van der Waals surface area contributed by atoms with Crippen LogP contribution in [-0.4, -0.2) is 6.54 Å².